The Morgan fingerprint density at radius 3 is 2.46 bits per heavy atom. The Kier molecular flexibility index (Phi) is 14.4. The normalized spacial score (nSPS) is 18.3. The standard InChI is InChI=1S/C29H45N5O7/c1-4-20(2)25(18-35)32-29(19-36,17-21-12-14-22(41-3)15-13-21)33-28(39)24(9-6-5-7-11-26(37)34-40)31-27(38)23-10-8-16-30-23/h12-15,18-20,23-25,30,32,40H,4-11,16-17H2,1-3H3,(H,31,38)(H,33,39)(H,34,37)/t20-,23?,24+,25-,29-/m1/s1. The van der Waals surface area contributed by atoms with Crippen molar-refractivity contribution in [2.75, 3.05) is 13.7 Å². The molecule has 12 heteroatoms. The SMILES string of the molecule is CC[C@@H](C)[C@@H](C=O)N[C@](C=O)(Cc1ccc(OC)cc1)NC(=O)[C@H](CCCCCC(=O)NO)NC(=O)C1CCCN1. The first-order valence-electron chi connectivity index (χ1n) is 14.3. The molecule has 41 heavy (non-hydrogen) atoms. The number of unbranched alkanes of at least 4 members (excludes halogenated alkanes) is 2. The van der Waals surface area contributed by atoms with E-state index in [1.165, 1.54) is 0 Å². The van der Waals surface area contributed by atoms with Crippen molar-refractivity contribution >= 4 is 30.3 Å². The molecular weight excluding hydrogens is 530 g/mol. The third-order valence-corrected chi connectivity index (χ3v) is 7.55. The average Bonchev–Trinajstić information content (AvgIpc) is 3.54. The number of hydrogen-bond donors (Lipinski definition) is 6. The summed E-state index contributed by atoms with van der Waals surface area (Å²) in [6.45, 7) is 4.52. The molecule has 2 rings (SSSR count). The summed E-state index contributed by atoms with van der Waals surface area (Å²) >= 11 is 0. The molecule has 1 unspecified atom stereocenters. The van der Waals surface area contributed by atoms with Gasteiger partial charge < -0.3 is 25.5 Å². The molecule has 12 nitrogen and oxygen atoms in total. The van der Waals surface area contributed by atoms with Gasteiger partial charge in [-0.25, -0.2) is 5.48 Å². The van der Waals surface area contributed by atoms with Crippen LogP contribution in [-0.2, 0) is 30.4 Å². The number of carbonyl (C=O) groups excluding carboxylic acids is 5. The number of nitrogens with one attached hydrogen (secondary N) is 5. The average molecular weight is 576 g/mol. The second-order valence-electron chi connectivity index (χ2n) is 10.6. The molecule has 1 aliphatic heterocycles. The van der Waals surface area contributed by atoms with Gasteiger partial charge in [-0.15, -0.1) is 0 Å². The first-order chi connectivity index (χ1) is 19.7. The van der Waals surface area contributed by atoms with E-state index in [2.05, 4.69) is 21.3 Å². The van der Waals surface area contributed by atoms with Gasteiger partial charge >= 0.3 is 0 Å². The maximum atomic E-state index is 13.7. The van der Waals surface area contributed by atoms with E-state index in [1.807, 2.05) is 13.8 Å². The minimum absolute atomic E-state index is 0.0497. The summed E-state index contributed by atoms with van der Waals surface area (Å²) in [6, 6.07) is 4.97. The zero-order valence-corrected chi connectivity index (χ0v) is 24.2. The number of methoxy groups -OCH3 is 1. The van der Waals surface area contributed by atoms with Crippen molar-refractivity contribution in [1.29, 1.82) is 0 Å². The molecule has 0 bridgehead atoms. The van der Waals surface area contributed by atoms with Gasteiger partial charge in [0.05, 0.1) is 19.2 Å². The number of hydroxylamine groups is 1. The van der Waals surface area contributed by atoms with E-state index >= 15 is 0 Å². The molecular formula is C29H45N5O7. The lowest BCUT2D eigenvalue weighted by Gasteiger charge is -2.36. The van der Waals surface area contributed by atoms with E-state index in [4.69, 9.17) is 9.94 Å². The van der Waals surface area contributed by atoms with Crippen LogP contribution in [0, 0.1) is 5.92 Å². The number of aldehydes is 2. The lowest BCUT2D eigenvalue weighted by molar-refractivity contribution is -0.133. The molecule has 6 N–H and O–H groups in total. The van der Waals surface area contributed by atoms with Crippen LogP contribution in [0.3, 0.4) is 0 Å². The molecule has 0 spiro atoms. The van der Waals surface area contributed by atoms with Crippen LogP contribution in [0.5, 0.6) is 5.75 Å². The molecule has 0 aliphatic carbocycles. The predicted octanol–water partition coefficient (Wildman–Crippen LogP) is 1.15. The summed E-state index contributed by atoms with van der Waals surface area (Å²) in [5, 5.41) is 20.6. The topological polar surface area (TPSA) is 175 Å². The second-order valence-corrected chi connectivity index (χ2v) is 10.6. The molecule has 1 saturated heterocycles. The van der Waals surface area contributed by atoms with Crippen molar-refractivity contribution < 1.29 is 33.9 Å². The number of benzene rings is 1. The minimum atomic E-state index is -1.63. The van der Waals surface area contributed by atoms with E-state index in [0.29, 0.717) is 50.7 Å². The predicted molar refractivity (Wildman–Crippen MR) is 152 cm³/mol. The summed E-state index contributed by atoms with van der Waals surface area (Å²) < 4.78 is 5.22. The highest BCUT2D eigenvalue weighted by Crippen LogP contribution is 2.18. The fraction of sp³-hybridized carbons (Fsp3) is 0.621. The highest BCUT2D eigenvalue weighted by atomic mass is 16.5. The molecule has 0 aromatic heterocycles. The highest BCUT2D eigenvalue weighted by molar-refractivity contribution is 5.91. The summed E-state index contributed by atoms with van der Waals surface area (Å²) in [5.74, 6) is -0.836. The van der Waals surface area contributed by atoms with E-state index in [0.717, 1.165) is 18.3 Å². The maximum Gasteiger partial charge on any atom is 0.244 e. The van der Waals surface area contributed by atoms with E-state index in [1.54, 1.807) is 36.9 Å². The van der Waals surface area contributed by atoms with Crippen molar-refractivity contribution in [2.45, 2.75) is 95.4 Å². The van der Waals surface area contributed by atoms with Gasteiger partial charge in [-0.2, -0.15) is 0 Å². The lowest BCUT2D eigenvalue weighted by Crippen LogP contribution is -2.68. The Bertz CT molecular complexity index is 1000. The van der Waals surface area contributed by atoms with Crippen LogP contribution < -0.4 is 31.5 Å². The Morgan fingerprint density at radius 1 is 1.17 bits per heavy atom. The van der Waals surface area contributed by atoms with E-state index in [-0.39, 0.29) is 31.1 Å². The number of rotatable bonds is 19. The zero-order chi connectivity index (χ0) is 30.3. The van der Waals surface area contributed by atoms with Crippen molar-refractivity contribution in [3.05, 3.63) is 29.8 Å². The monoisotopic (exact) mass is 575 g/mol. The van der Waals surface area contributed by atoms with Gasteiger partial charge in [-0.05, 0) is 55.8 Å². The summed E-state index contributed by atoms with van der Waals surface area (Å²) in [6.07, 6.45) is 5.55. The molecule has 1 aromatic rings. The molecule has 1 heterocycles. The number of carbonyl (C=O) groups is 5. The largest absolute Gasteiger partial charge is 0.497 e. The number of amides is 3. The van der Waals surface area contributed by atoms with Crippen LogP contribution in [0.4, 0.5) is 0 Å². The Morgan fingerprint density at radius 2 is 1.90 bits per heavy atom. The van der Waals surface area contributed by atoms with Crippen molar-refractivity contribution in [2.24, 2.45) is 5.92 Å². The van der Waals surface area contributed by atoms with Crippen LogP contribution in [0.2, 0.25) is 0 Å². The molecule has 1 aliphatic rings. The first-order valence-corrected chi connectivity index (χ1v) is 14.3. The van der Waals surface area contributed by atoms with Gasteiger partial charge in [0.1, 0.15) is 18.1 Å². The van der Waals surface area contributed by atoms with Gasteiger partial charge in [0.2, 0.25) is 17.7 Å². The molecule has 1 aromatic carbocycles. The minimum Gasteiger partial charge on any atom is -0.497 e. The van der Waals surface area contributed by atoms with Crippen LogP contribution in [0.1, 0.15) is 70.8 Å². The van der Waals surface area contributed by atoms with Gasteiger partial charge in [0, 0.05) is 12.8 Å². The molecule has 5 atom stereocenters. The number of hydrogen-bond acceptors (Lipinski definition) is 9. The van der Waals surface area contributed by atoms with E-state index in [9.17, 15) is 24.0 Å². The molecule has 228 valence electrons. The highest BCUT2D eigenvalue weighted by Gasteiger charge is 2.38. The molecule has 0 radical (unpaired) electrons. The van der Waals surface area contributed by atoms with Crippen molar-refractivity contribution in [1.82, 2.24) is 26.7 Å². The Balaban J connectivity index is 2.28. The Hall–Kier alpha value is -3.35. The fourth-order valence-corrected chi connectivity index (χ4v) is 4.79. The quantitative estimate of drug-likeness (QED) is 0.0465. The lowest BCUT2D eigenvalue weighted by atomic mass is 9.94. The van der Waals surface area contributed by atoms with Crippen LogP contribution in [-0.4, -0.2) is 72.9 Å². The van der Waals surface area contributed by atoms with Gasteiger partial charge in [0.15, 0.2) is 11.9 Å². The molecule has 3 amide bonds. The fourth-order valence-electron chi connectivity index (χ4n) is 4.79. The van der Waals surface area contributed by atoms with Crippen LogP contribution in [0.15, 0.2) is 24.3 Å². The van der Waals surface area contributed by atoms with Crippen LogP contribution >= 0.6 is 0 Å². The summed E-state index contributed by atoms with van der Waals surface area (Å²) in [4.78, 5) is 62.7. The Labute approximate surface area is 241 Å². The summed E-state index contributed by atoms with van der Waals surface area (Å²) in [5.41, 5.74) is 0.682. The van der Waals surface area contributed by atoms with Gasteiger partial charge in [-0.3, -0.25) is 29.7 Å². The molecule has 1 fully saturated rings. The van der Waals surface area contributed by atoms with Crippen molar-refractivity contribution in [3.8, 4) is 5.75 Å². The second kappa shape index (κ2) is 17.5. The smallest absolute Gasteiger partial charge is 0.244 e. The summed E-state index contributed by atoms with van der Waals surface area (Å²) in [7, 11) is 1.55. The maximum absolute atomic E-state index is 13.7. The van der Waals surface area contributed by atoms with Crippen molar-refractivity contribution in [3.63, 3.8) is 0 Å². The first kappa shape index (κ1) is 33.9. The third-order valence-electron chi connectivity index (χ3n) is 7.55. The van der Waals surface area contributed by atoms with Crippen LogP contribution in [0.25, 0.3) is 0 Å². The molecule has 0 saturated carbocycles. The zero-order valence-electron chi connectivity index (χ0n) is 24.2. The van der Waals surface area contributed by atoms with Gasteiger partial charge in [0.25, 0.3) is 0 Å². The van der Waals surface area contributed by atoms with E-state index < -0.39 is 35.6 Å². The van der Waals surface area contributed by atoms with Gasteiger partial charge in [-0.1, -0.05) is 45.2 Å². The number of ether oxygens (including phenoxy) is 1. The third kappa shape index (κ3) is 10.9.